The van der Waals surface area contributed by atoms with Crippen LogP contribution in [0.4, 0.5) is 0 Å². The monoisotopic (exact) mass is 336 g/mol. The summed E-state index contributed by atoms with van der Waals surface area (Å²) in [6.45, 7) is 2.54. The van der Waals surface area contributed by atoms with Gasteiger partial charge in [0, 0.05) is 6.04 Å². The molecule has 1 aliphatic heterocycles. The number of rotatable bonds is 3. The van der Waals surface area contributed by atoms with E-state index in [0.29, 0.717) is 11.4 Å². The Morgan fingerprint density at radius 3 is 2.60 bits per heavy atom. The van der Waals surface area contributed by atoms with Crippen LogP contribution in [-0.2, 0) is 0 Å². The highest BCUT2D eigenvalue weighted by Gasteiger charge is 2.28. The van der Waals surface area contributed by atoms with Crippen molar-refractivity contribution in [2.24, 2.45) is 0 Å². The minimum atomic E-state index is 0.213. The molecule has 1 aromatic heterocycles. The molecular formula is C20H24N4O. The summed E-state index contributed by atoms with van der Waals surface area (Å²) < 4.78 is 6.22. The Labute approximate surface area is 148 Å². The van der Waals surface area contributed by atoms with Crippen LogP contribution in [0.1, 0.15) is 50.5 Å². The number of nitriles is 1. The molecule has 130 valence electrons. The third kappa shape index (κ3) is 3.59. The van der Waals surface area contributed by atoms with Crippen LogP contribution in [0.3, 0.4) is 0 Å². The number of hydrogen-bond donors (Lipinski definition) is 0. The maximum atomic E-state index is 9.13. The van der Waals surface area contributed by atoms with Crippen LogP contribution in [0.15, 0.2) is 24.5 Å². The lowest BCUT2D eigenvalue weighted by Gasteiger charge is -2.38. The summed E-state index contributed by atoms with van der Waals surface area (Å²) in [7, 11) is 0. The maximum absolute atomic E-state index is 9.13. The van der Waals surface area contributed by atoms with Gasteiger partial charge >= 0.3 is 0 Å². The van der Waals surface area contributed by atoms with E-state index >= 15 is 0 Å². The molecular weight excluding hydrogens is 312 g/mol. The summed E-state index contributed by atoms with van der Waals surface area (Å²) in [5, 5.41) is 9.96. The lowest BCUT2D eigenvalue weighted by molar-refractivity contribution is 0.0756. The molecule has 1 saturated heterocycles. The zero-order chi connectivity index (χ0) is 17.1. The Hall–Kier alpha value is -2.19. The van der Waals surface area contributed by atoms with E-state index in [2.05, 4.69) is 20.9 Å². The van der Waals surface area contributed by atoms with Crippen LogP contribution in [-0.4, -0.2) is 40.1 Å². The molecule has 5 nitrogen and oxygen atoms in total. The lowest BCUT2D eigenvalue weighted by atomic mass is 9.90. The summed E-state index contributed by atoms with van der Waals surface area (Å²) >= 11 is 0. The van der Waals surface area contributed by atoms with Gasteiger partial charge in [0.25, 0.3) is 0 Å². The van der Waals surface area contributed by atoms with Crippen molar-refractivity contribution < 1.29 is 4.74 Å². The minimum absolute atomic E-state index is 0.213. The number of ether oxygens (including phenoxy) is 1. The minimum Gasteiger partial charge on any atom is -0.474 e. The van der Waals surface area contributed by atoms with Crippen molar-refractivity contribution >= 4 is 10.9 Å². The van der Waals surface area contributed by atoms with Gasteiger partial charge in [-0.2, -0.15) is 5.26 Å². The first-order valence-corrected chi connectivity index (χ1v) is 9.39. The van der Waals surface area contributed by atoms with Crippen molar-refractivity contribution in [1.82, 2.24) is 14.9 Å². The molecule has 1 aliphatic carbocycles. The Balaban J connectivity index is 1.43. The number of nitrogens with zero attached hydrogens (tertiary/aromatic N) is 4. The third-order valence-corrected chi connectivity index (χ3v) is 5.56. The van der Waals surface area contributed by atoms with Crippen molar-refractivity contribution in [3.8, 4) is 11.9 Å². The number of benzene rings is 1. The molecule has 0 radical (unpaired) electrons. The van der Waals surface area contributed by atoms with Crippen LogP contribution in [0.25, 0.3) is 10.9 Å². The first-order chi connectivity index (χ1) is 12.3. The topological polar surface area (TPSA) is 62.0 Å². The largest absolute Gasteiger partial charge is 0.474 e. The van der Waals surface area contributed by atoms with Gasteiger partial charge in [0.1, 0.15) is 12.4 Å². The van der Waals surface area contributed by atoms with Crippen molar-refractivity contribution in [3.05, 3.63) is 30.1 Å². The van der Waals surface area contributed by atoms with Crippen LogP contribution in [0, 0.1) is 11.3 Å². The summed E-state index contributed by atoms with van der Waals surface area (Å²) in [4.78, 5) is 11.3. The summed E-state index contributed by atoms with van der Waals surface area (Å²) in [6.07, 6.45) is 10.4. The van der Waals surface area contributed by atoms with Gasteiger partial charge in [-0.1, -0.05) is 6.42 Å². The van der Waals surface area contributed by atoms with Crippen molar-refractivity contribution in [2.45, 2.75) is 57.1 Å². The Kier molecular flexibility index (Phi) is 4.80. The van der Waals surface area contributed by atoms with E-state index in [1.54, 1.807) is 12.4 Å². The molecule has 2 heterocycles. The number of piperidine rings is 1. The fourth-order valence-corrected chi connectivity index (χ4v) is 4.17. The number of hydrogen-bond acceptors (Lipinski definition) is 5. The Bertz CT molecular complexity index is 771. The van der Waals surface area contributed by atoms with Crippen LogP contribution >= 0.6 is 0 Å². The maximum Gasteiger partial charge on any atom is 0.224 e. The van der Waals surface area contributed by atoms with Crippen LogP contribution in [0.2, 0.25) is 0 Å². The predicted octanol–water partition coefficient (Wildman–Crippen LogP) is 3.68. The van der Waals surface area contributed by atoms with Crippen LogP contribution in [0.5, 0.6) is 5.88 Å². The zero-order valence-corrected chi connectivity index (χ0v) is 14.5. The van der Waals surface area contributed by atoms with Crippen molar-refractivity contribution in [2.75, 3.05) is 13.1 Å². The van der Waals surface area contributed by atoms with Gasteiger partial charge in [-0.15, -0.1) is 0 Å². The van der Waals surface area contributed by atoms with Gasteiger partial charge in [0.2, 0.25) is 5.88 Å². The summed E-state index contributed by atoms with van der Waals surface area (Å²) in [6, 6.07) is 8.37. The van der Waals surface area contributed by atoms with Gasteiger partial charge in [-0.25, -0.2) is 9.97 Å². The van der Waals surface area contributed by atoms with E-state index in [4.69, 9.17) is 10.00 Å². The zero-order valence-electron chi connectivity index (χ0n) is 14.5. The average Bonchev–Trinajstić information content (AvgIpc) is 2.69. The van der Waals surface area contributed by atoms with E-state index in [0.717, 1.165) is 29.8 Å². The van der Waals surface area contributed by atoms with E-state index in [1.807, 2.05) is 12.1 Å². The van der Waals surface area contributed by atoms with Gasteiger partial charge < -0.3 is 9.64 Å². The number of fused-ring (bicyclic) bond motifs is 1. The van der Waals surface area contributed by atoms with E-state index in [9.17, 15) is 0 Å². The SMILES string of the molecule is N#Cc1ccc2ncnc(OC3CCC(N4CCCCC4)CC3)c2c1. The standard InChI is InChI=1S/C20H24N4O/c21-13-15-4-9-19-18(12-15)20(23-14-22-19)25-17-7-5-16(6-8-17)24-10-2-1-3-11-24/h4,9,12,14,16-17H,1-3,5-8,10-11H2. The molecule has 1 saturated carbocycles. The second kappa shape index (κ2) is 7.37. The molecule has 0 amide bonds. The van der Waals surface area contributed by atoms with Gasteiger partial charge in [0.05, 0.1) is 22.5 Å². The molecule has 1 aromatic carbocycles. The average molecular weight is 336 g/mol. The number of likely N-dealkylation sites (tertiary alicyclic amines) is 1. The van der Waals surface area contributed by atoms with Crippen molar-refractivity contribution in [3.63, 3.8) is 0 Å². The quantitative estimate of drug-likeness (QED) is 0.855. The van der Waals surface area contributed by atoms with E-state index in [1.165, 1.54) is 45.2 Å². The second-order valence-electron chi connectivity index (χ2n) is 7.17. The molecule has 4 rings (SSSR count). The van der Waals surface area contributed by atoms with E-state index in [-0.39, 0.29) is 6.10 Å². The predicted molar refractivity (Wildman–Crippen MR) is 96.3 cm³/mol. The number of aromatic nitrogens is 2. The van der Waals surface area contributed by atoms with Gasteiger partial charge in [0.15, 0.2) is 0 Å². The van der Waals surface area contributed by atoms with Gasteiger partial charge in [-0.3, -0.25) is 0 Å². The molecule has 25 heavy (non-hydrogen) atoms. The molecule has 5 heteroatoms. The molecule has 0 bridgehead atoms. The molecule has 0 spiro atoms. The fourth-order valence-electron chi connectivity index (χ4n) is 4.17. The molecule has 2 aromatic rings. The van der Waals surface area contributed by atoms with Gasteiger partial charge in [-0.05, 0) is 69.8 Å². The van der Waals surface area contributed by atoms with E-state index < -0.39 is 0 Å². The summed E-state index contributed by atoms with van der Waals surface area (Å²) in [5.41, 5.74) is 1.44. The molecule has 0 atom stereocenters. The highest BCUT2D eigenvalue weighted by Crippen LogP contribution is 2.30. The summed E-state index contributed by atoms with van der Waals surface area (Å²) in [5.74, 6) is 0.614. The highest BCUT2D eigenvalue weighted by atomic mass is 16.5. The second-order valence-corrected chi connectivity index (χ2v) is 7.17. The molecule has 0 N–H and O–H groups in total. The van der Waals surface area contributed by atoms with Crippen LogP contribution < -0.4 is 4.74 Å². The first kappa shape index (κ1) is 16.3. The molecule has 0 unspecified atom stereocenters. The van der Waals surface area contributed by atoms with Crippen molar-refractivity contribution in [1.29, 1.82) is 5.26 Å². The molecule has 2 fully saturated rings. The third-order valence-electron chi connectivity index (χ3n) is 5.56. The Morgan fingerprint density at radius 1 is 1.04 bits per heavy atom. The first-order valence-electron chi connectivity index (χ1n) is 9.39. The molecule has 2 aliphatic rings. The Morgan fingerprint density at radius 2 is 1.84 bits per heavy atom. The smallest absolute Gasteiger partial charge is 0.224 e. The fraction of sp³-hybridized carbons (Fsp3) is 0.550. The highest BCUT2D eigenvalue weighted by molar-refractivity contribution is 5.84. The lowest BCUT2D eigenvalue weighted by Crippen LogP contribution is -2.42. The normalized spacial score (nSPS) is 24.8.